The van der Waals surface area contributed by atoms with Crippen LogP contribution in [-0.4, -0.2) is 59.6 Å². The molecule has 0 atom stereocenters. The minimum atomic E-state index is -0.480. The number of aliphatic hydroxyl groups is 1. The molecule has 0 unspecified atom stereocenters. The predicted molar refractivity (Wildman–Crippen MR) is 70.8 cm³/mol. The summed E-state index contributed by atoms with van der Waals surface area (Å²) in [4.78, 5) is 15.4. The van der Waals surface area contributed by atoms with E-state index in [0.717, 1.165) is 0 Å². The molecular formula is C13H22N4O2. The number of likely N-dealkylation sites (N-methyl/N-ethyl adjacent to an activating group) is 1. The summed E-state index contributed by atoms with van der Waals surface area (Å²) in [5, 5.41) is 26.4. The molecule has 0 aromatic rings. The van der Waals surface area contributed by atoms with Crippen molar-refractivity contribution in [1.82, 2.24) is 9.80 Å². The van der Waals surface area contributed by atoms with Crippen LogP contribution in [0.15, 0.2) is 0 Å². The fourth-order valence-corrected chi connectivity index (χ4v) is 1.37. The van der Waals surface area contributed by atoms with E-state index in [2.05, 4.69) is 0 Å². The Labute approximate surface area is 114 Å². The van der Waals surface area contributed by atoms with Gasteiger partial charge in [-0.25, -0.2) is 0 Å². The molecule has 19 heavy (non-hydrogen) atoms. The lowest BCUT2D eigenvalue weighted by atomic mass is 10.1. The summed E-state index contributed by atoms with van der Waals surface area (Å²) in [7, 11) is 1.76. The first kappa shape index (κ1) is 17.4. The Bertz CT molecular complexity index is 350. The number of rotatable bonds is 8. The second-order valence-corrected chi connectivity index (χ2v) is 5.02. The Morgan fingerprint density at radius 2 is 1.68 bits per heavy atom. The predicted octanol–water partition coefficient (Wildman–Crippen LogP) is 0.345. The molecule has 0 aliphatic heterocycles. The van der Waals surface area contributed by atoms with Gasteiger partial charge >= 0.3 is 0 Å². The van der Waals surface area contributed by atoms with E-state index in [0.29, 0.717) is 13.1 Å². The quantitative estimate of drug-likeness (QED) is 0.684. The molecule has 0 radical (unpaired) electrons. The van der Waals surface area contributed by atoms with Gasteiger partial charge in [-0.05, 0) is 20.9 Å². The van der Waals surface area contributed by atoms with E-state index in [9.17, 15) is 9.90 Å². The molecule has 6 nitrogen and oxygen atoms in total. The van der Waals surface area contributed by atoms with Crippen LogP contribution in [0.2, 0.25) is 0 Å². The second-order valence-electron chi connectivity index (χ2n) is 5.02. The lowest BCUT2D eigenvalue weighted by Gasteiger charge is -2.34. The van der Waals surface area contributed by atoms with E-state index in [1.165, 1.54) is 4.90 Å². The second kappa shape index (κ2) is 8.47. The molecule has 0 heterocycles. The van der Waals surface area contributed by atoms with Gasteiger partial charge in [0.2, 0.25) is 5.91 Å². The highest BCUT2D eigenvalue weighted by Crippen LogP contribution is 2.11. The number of carbonyl (C=O) groups is 1. The van der Waals surface area contributed by atoms with Gasteiger partial charge in [-0.3, -0.25) is 9.69 Å². The van der Waals surface area contributed by atoms with Crippen molar-refractivity contribution in [1.29, 1.82) is 10.5 Å². The third-order valence-electron chi connectivity index (χ3n) is 3.13. The fraction of sp³-hybridized carbons (Fsp3) is 0.769. The normalized spacial score (nSPS) is 10.9. The SMILES string of the molecule is CN(CC(=O)N(CCC#N)CCC#N)C(C)(C)CO. The van der Waals surface area contributed by atoms with E-state index < -0.39 is 5.54 Å². The number of hydrogen-bond donors (Lipinski definition) is 1. The number of hydrogen-bond acceptors (Lipinski definition) is 5. The van der Waals surface area contributed by atoms with Crippen molar-refractivity contribution in [3.63, 3.8) is 0 Å². The van der Waals surface area contributed by atoms with Crippen LogP contribution >= 0.6 is 0 Å². The molecular weight excluding hydrogens is 244 g/mol. The summed E-state index contributed by atoms with van der Waals surface area (Å²) in [6.07, 6.45) is 0.508. The van der Waals surface area contributed by atoms with Crippen LogP contribution in [0.1, 0.15) is 26.7 Å². The minimum absolute atomic E-state index is 0.0484. The molecule has 6 heteroatoms. The van der Waals surface area contributed by atoms with Gasteiger partial charge in [0.05, 0.1) is 38.1 Å². The average Bonchev–Trinajstić information content (AvgIpc) is 2.38. The molecule has 0 saturated heterocycles. The van der Waals surface area contributed by atoms with Crippen LogP contribution in [0.5, 0.6) is 0 Å². The molecule has 0 aliphatic rings. The van der Waals surface area contributed by atoms with Gasteiger partial charge in [-0.2, -0.15) is 10.5 Å². The van der Waals surface area contributed by atoms with Gasteiger partial charge in [0.15, 0.2) is 0 Å². The average molecular weight is 266 g/mol. The van der Waals surface area contributed by atoms with E-state index in [-0.39, 0.29) is 31.9 Å². The van der Waals surface area contributed by atoms with Gasteiger partial charge < -0.3 is 10.0 Å². The highest BCUT2D eigenvalue weighted by atomic mass is 16.3. The lowest BCUT2D eigenvalue weighted by Crippen LogP contribution is -2.49. The minimum Gasteiger partial charge on any atom is -0.394 e. The summed E-state index contributed by atoms with van der Waals surface area (Å²) in [6, 6.07) is 3.99. The van der Waals surface area contributed by atoms with Crippen LogP contribution in [-0.2, 0) is 4.79 Å². The van der Waals surface area contributed by atoms with E-state index in [1.54, 1.807) is 11.9 Å². The molecule has 0 aromatic heterocycles. The molecule has 0 bridgehead atoms. The van der Waals surface area contributed by atoms with Gasteiger partial charge in [-0.1, -0.05) is 0 Å². The number of aliphatic hydroxyl groups excluding tert-OH is 1. The first-order valence-electron chi connectivity index (χ1n) is 6.22. The maximum absolute atomic E-state index is 12.1. The van der Waals surface area contributed by atoms with Crippen molar-refractivity contribution in [2.75, 3.05) is 33.3 Å². The standard InChI is InChI=1S/C13H22N4O2/c1-13(2,11-18)16(3)10-12(19)17(8-4-6-14)9-5-7-15/h18H,4-5,8-11H2,1-3H3. The zero-order valence-corrected chi connectivity index (χ0v) is 11.9. The van der Waals surface area contributed by atoms with E-state index in [1.807, 2.05) is 26.0 Å². The maximum Gasteiger partial charge on any atom is 0.236 e. The maximum atomic E-state index is 12.1. The number of carbonyl (C=O) groups excluding carboxylic acids is 1. The van der Waals surface area contributed by atoms with Crippen LogP contribution in [0.3, 0.4) is 0 Å². The first-order chi connectivity index (χ1) is 8.88. The molecule has 0 saturated carbocycles. The zero-order valence-electron chi connectivity index (χ0n) is 11.9. The summed E-state index contributed by atoms with van der Waals surface area (Å²) in [5.41, 5.74) is -0.480. The van der Waals surface area contributed by atoms with E-state index in [4.69, 9.17) is 10.5 Å². The van der Waals surface area contributed by atoms with Crippen molar-refractivity contribution < 1.29 is 9.90 Å². The Kier molecular flexibility index (Phi) is 7.74. The Morgan fingerprint density at radius 1 is 1.21 bits per heavy atom. The van der Waals surface area contributed by atoms with Crippen molar-refractivity contribution in [2.45, 2.75) is 32.2 Å². The molecule has 0 spiro atoms. The molecule has 0 aliphatic carbocycles. The van der Waals surface area contributed by atoms with Crippen LogP contribution in [0.25, 0.3) is 0 Å². The molecule has 1 amide bonds. The molecule has 0 aromatic carbocycles. The fourth-order valence-electron chi connectivity index (χ4n) is 1.37. The highest BCUT2D eigenvalue weighted by Gasteiger charge is 2.25. The van der Waals surface area contributed by atoms with Gasteiger partial charge in [0.25, 0.3) is 0 Å². The molecule has 1 N–H and O–H groups in total. The highest BCUT2D eigenvalue weighted by molar-refractivity contribution is 5.78. The Balaban J connectivity index is 4.55. The molecule has 0 fully saturated rings. The molecule has 106 valence electrons. The summed E-state index contributed by atoms with van der Waals surface area (Å²) in [6.45, 7) is 4.47. The first-order valence-corrected chi connectivity index (χ1v) is 6.22. The Morgan fingerprint density at radius 3 is 2.05 bits per heavy atom. The largest absolute Gasteiger partial charge is 0.394 e. The van der Waals surface area contributed by atoms with Crippen molar-refractivity contribution in [3.8, 4) is 12.1 Å². The summed E-state index contributed by atoms with van der Waals surface area (Å²) >= 11 is 0. The van der Waals surface area contributed by atoms with Gasteiger partial charge in [0, 0.05) is 18.6 Å². The van der Waals surface area contributed by atoms with Crippen LogP contribution < -0.4 is 0 Å². The van der Waals surface area contributed by atoms with Gasteiger partial charge in [-0.15, -0.1) is 0 Å². The van der Waals surface area contributed by atoms with Gasteiger partial charge in [0.1, 0.15) is 0 Å². The smallest absolute Gasteiger partial charge is 0.236 e. The van der Waals surface area contributed by atoms with Crippen LogP contribution in [0, 0.1) is 22.7 Å². The van der Waals surface area contributed by atoms with Crippen molar-refractivity contribution in [3.05, 3.63) is 0 Å². The third kappa shape index (κ3) is 6.19. The topological polar surface area (TPSA) is 91.4 Å². The number of amides is 1. The number of nitrogens with zero attached hydrogens (tertiary/aromatic N) is 4. The summed E-state index contributed by atoms with van der Waals surface area (Å²) in [5.74, 6) is -0.130. The number of nitriles is 2. The lowest BCUT2D eigenvalue weighted by molar-refractivity contribution is -0.133. The van der Waals surface area contributed by atoms with Crippen molar-refractivity contribution >= 4 is 5.91 Å². The zero-order chi connectivity index (χ0) is 14.9. The van der Waals surface area contributed by atoms with E-state index >= 15 is 0 Å². The third-order valence-corrected chi connectivity index (χ3v) is 3.13. The van der Waals surface area contributed by atoms with Crippen LogP contribution in [0.4, 0.5) is 0 Å². The summed E-state index contributed by atoms with van der Waals surface area (Å²) < 4.78 is 0. The monoisotopic (exact) mass is 266 g/mol. The van der Waals surface area contributed by atoms with Crippen molar-refractivity contribution in [2.24, 2.45) is 0 Å². The Hall–Kier alpha value is -1.63. The molecule has 0 rings (SSSR count).